The first-order chi connectivity index (χ1) is 10.5. The first-order valence-corrected chi connectivity index (χ1v) is 8.10. The molecule has 0 bridgehead atoms. The van der Waals surface area contributed by atoms with E-state index in [1.807, 2.05) is 55.4 Å². The van der Waals surface area contributed by atoms with Gasteiger partial charge < -0.3 is 10.2 Å². The highest BCUT2D eigenvalue weighted by atomic mass is 79.9. The van der Waals surface area contributed by atoms with Gasteiger partial charge in [0.15, 0.2) is 0 Å². The molecule has 0 fully saturated rings. The van der Waals surface area contributed by atoms with Gasteiger partial charge in [-0.15, -0.1) is 0 Å². The summed E-state index contributed by atoms with van der Waals surface area (Å²) in [7, 11) is 3.94. The fourth-order valence-corrected chi connectivity index (χ4v) is 2.73. The number of rotatable bonds is 5. The molecule has 0 aliphatic carbocycles. The first kappa shape index (κ1) is 17.0. The van der Waals surface area contributed by atoms with E-state index in [2.05, 4.69) is 21.2 Å². The summed E-state index contributed by atoms with van der Waals surface area (Å²) >= 11 is 9.63. The molecule has 0 aliphatic heterocycles. The van der Waals surface area contributed by atoms with Crippen LogP contribution in [0.1, 0.15) is 22.0 Å². The molecule has 0 spiro atoms. The average Bonchev–Trinajstić information content (AvgIpc) is 2.49. The number of benzene rings is 2. The molecule has 1 N–H and O–H groups in total. The van der Waals surface area contributed by atoms with Crippen molar-refractivity contribution >= 4 is 33.4 Å². The summed E-state index contributed by atoms with van der Waals surface area (Å²) in [5.74, 6) is -0.0913. The molecule has 1 amide bonds. The fraction of sp³-hybridized carbons (Fsp3) is 0.235. The number of hydrogen-bond donors (Lipinski definition) is 1. The van der Waals surface area contributed by atoms with E-state index in [1.54, 1.807) is 12.1 Å². The van der Waals surface area contributed by atoms with E-state index in [9.17, 15) is 4.79 Å². The van der Waals surface area contributed by atoms with Gasteiger partial charge in [-0.2, -0.15) is 0 Å². The number of carbonyl (C=O) groups is 1. The number of likely N-dealkylation sites (N-methyl/N-ethyl adjacent to an activating group) is 1. The van der Waals surface area contributed by atoms with Gasteiger partial charge in [-0.1, -0.05) is 45.7 Å². The van der Waals surface area contributed by atoms with Crippen LogP contribution in [0.4, 0.5) is 0 Å². The highest BCUT2D eigenvalue weighted by Gasteiger charge is 2.18. The first-order valence-electron chi connectivity index (χ1n) is 6.93. The summed E-state index contributed by atoms with van der Waals surface area (Å²) in [4.78, 5) is 14.3. The smallest absolute Gasteiger partial charge is 0.251 e. The van der Waals surface area contributed by atoms with Crippen molar-refractivity contribution in [2.24, 2.45) is 0 Å². The van der Waals surface area contributed by atoms with Crippen LogP contribution < -0.4 is 5.32 Å². The molecule has 0 radical (unpaired) electrons. The minimum Gasteiger partial charge on any atom is -0.350 e. The van der Waals surface area contributed by atoms with Crippen molar-refractivity contribution in [3.05, 3.63) is 69.2 Å². The zero-order valence-corrected chi connectivity index (χ0v) is 14.9. The van der Waals surface area contributed by atoms with Crippen LogP contribution in [0, 0.1) is 0 Å². The lowest BCUT2D eigenvalue weighted by atomic mass is 10.1. The van der Waals surface area contributed by atoms with Crippen LogP contribution in [-0.2, 0) is 0 Å². The van der Waals surface area contributed by atoms with Crippen molar-refractivity contribution in [1.82, 2.24) is 10.2 Å². The van der Waals surface area contributed by atoms with E-state index in [-0.39, 0.29) is 11.9 Å². The lowest BCUT2D eigenvalue weighted by Crippen LogP contribution is -2.34. The van der Waals surface area contributed by atoms with Crippen LogP contribution in [0.3, 0.4) is 0 Å². The van der Waals surface area contributed by atoms with Gasteiger partial charge in [-0.05, 0) is 50.0 Å². The van der Waals surface area contributed by atoms with Crippen LogP contribution in [0.5, 0.6) is 0 Å². The van der Waals surface area contributed by atoms with E-state index >= 15 is 0 Å². The summed E-state index contributed by atoms with van der Waals surface area (Å²) in [5, 5.41) is 3.68. The Morgan fingerprint density at radius 2 is 1.82 bits per heavy atom. The van der Waals surface area contributed by atoms with Crippen molar-refractivity contribution in [1.29, 1.82) is 0 Å². The number of carbonyl (C=O) groups excluding carboxylic acids is 1. The van der Waals surface area contributed by atoms with E-state index < -0.39 is 0 Å². The minimum absolute atomic E-state index is 0.0214. The number of nitrogens with zero attached hydrogens (tertiary/aromatic N) is 1. The molecule has 0 saturated heterocycles. The predicted octanol–water partition coefficient (Wildman–Crippen LogP) is 4.14. The van der Waals surface area contributed by atoms with E-state index in [1.165, 1.54) is 0 Å². The van der Waals surface area contributed by atoms with Gasteiger partial charge in [0.05, 0.1) is 6.04 Å². The maximum atomic E-state index is 12.2. The lowest BCUT2D eigenvalue weighted by molar-refractivity contribution is 0.0942. The van der Waals surface area contributed by atoms with Crippen molar-refractivity contribution in [2.75, 3.05) is 20.6 Å². The van der Waals surface area contributed by atoms with Crippen LogP contribution in [0.15, 0.2) is 53.0 Å². The minimum atomic E-state index is -0.0913. The van der Waals surface area contributed by atoms with Crippen molar-refractivity contribution in [3.63, 3.8) is 0 Å². The summed E-state index contributed by atoms with van der Waals surface area (Å²) in [6.45, 7) is 0.492. The molecule has 2 aromatic carbocycles. The molecule has 116 valence electrons. The Bertz CT molecular complexity index is 643. The molecule has 0 aliphatic rings. The molecule has 0 saturated carbocycles. The molecule has 1 unspecified atom stereocenters. The molecule has 2 rings (SSSR count). The van der Waals surface area contributed by atoms with Crippen LogP contribution in [0.2, 0.25) is 5.02 Å². The van der Waals surface area contributed by atoms with Gasteiger partial charge >= 0.3 is 0 Å². The van der Waals surface area contributed by atoms with Gasteiger partial charge in [-0.25, -0.2) is 0 Å². The molecule has 22 heavy (non-hydrogen) atoms. The molecule has 5 heteroatoms. The Hall–Kier alpha value is -1.36. The largest absolute Gasteiger partial charge is 0.350 e. The third kappa shape index (κ3) is 4.32. The molecule has 0 heterocycles. The highest BCUT2D eigenvalue weighted by molar-refractivity contribution is 9.10. The molecular formula is C17H18BrClN2O. The topological polar surface area (TPSA) is 32.3 Å². The number of halogens is 2. The Labute approximate surface area is 144 Å². The van der Waals surface area contributed by atoms with E-state index in [0.717, 1.165) is 10.0 Å². The highest BCUT2D eigenvalue weighted by Crippen LogP contribution is 2.25. The summed E-state index contributed by atoms with van der Waals surface area (Å²) < 4.78 is 0.950. The molecule has 1 atom stereocenters. The zero-order valence-electron chi connectivity index (χ0n) is 12.5. The normalized spacial score (nSPS) is 12.2. The second-order valence-electron chi connectivity index (χ2n) is 5.22. The van der Waals surface area contributed by atoms with Crippen LogP contribution >= 0.6 is 27.5 Å². The second-order valence-corrected chi connectivity index (χ2v) is 6.54. The summed E-state index contributed by atoms with van der Waals surface area (Å²) in [6, 6.07) is 15.0. The SMILES string of the molecule is CN(C)C(CNC(=O)c1ccc(Br)cc1)c1ccccc1Cl. The standard InChI is InChI=1S/C17H18BrClN2O/c1-21(2)16(14-5-3-4-6-15(14)19)11-20-17(22)12-7-9-13(18)10-8-12/h3-10,16H,11H2,1-2H3,(H,20,22). The number of hydrogen-bond acceptors (Lipinski definition) is 2. The van der Waals surface area contributed by atoms with Crippen LogP contribution in [0.25, 0.3) is 0 Å². The van der Waals surface area contributed by atoms with Crippen molar-refractivity contribution in [3.8, 4) is 0 Å². The van der Waals surface area contributed by atoms with Gasteiger partial charge in [0.1, 0.15) is 0 Å². The van der Waals surface area contributed by atoms with E-state index in [0.29, 0.717) is 17.1 Å². The summed E-state index contributed by atoms with van der Waals surface area (Å²) in [5.41, 5.74) is 1.64. The Morgan fingerprint density at radius 1 is 1.18 bits per heavy atom. The van der Waals surface area contributed by atoms with Crippen LogP contribution in [-0.4, -0.2) is 31.4 Å². The fourth-order valence-electron chi connectivity index (χ4n) is 2.21. The third-order valence-electron chi connectivity index (χ3n) is 3.45. The average molecular weight is 382 g/mol. The Kier molecular flexibility index (Phi) is 6.00. The lowest BCUT2D eigenvalue weighted by Gasteiger charge is -2.26. The summed E-state index contributed by atoms with van der Waals surface area (Å²) in [6.07, 6.45) is 0. The monoisotopic (exact) mass is 380 g/mol. The molecule has 2 aromatic rings. The maximum absolute atomic E-state index is 12.2. The maximum Gasteiger partial charge on any atom is 0.251 e. The van der Waals surface area contributed by atoms with Gasteiger partial charge in [0, 0.05) is 21.6 Å². The van der Waals surface area contributed by atoms with E-state index in [4.69, 9.17) is 11.6 Å². The van der Waals surface area contributed by atoms with Gasteiger partial charge in [-0.3, -0.25) is 4.79 Å². The van der Waals surface area contributed by atoms with Crippen molar-refractivity contribution in [2.45, 2.75) is 6.04 Å². The number of nitrogens with one attached hydrogen (secondary N) is 1. The Morgan fingerprint density at radius 3 is 2.41 bits per heavy atom. The van der Waals surface area contributed by atoms with Gasteiger partial charge in [0.2, 0.25) is 0 Å². The quantitative estimate of drug-likeness (QED) is 0.844. The molecular weight excluding hydrogens is 364 g/mol. The third-order valence-corrected chi connectivity index (χ3v) is 4.32. The number of amides is 1. The van der Waals surface area contributed by atoms with Crippen molar-refractivity contribution < 1.29 is 4.79 Å². The Balaban J connectivity index is 2.08. The predicted molar refractivity (Wildman–Crippen MR) is 94.4 cm³/mol. The molecule has 3 nitrogen and oxygen atoms in total. The molecule has 0 aromatic heterocycles. The second kappa shape index (κ2) is 7.77. The zero-order chi connectivity index (χ0) is 16.1. The van der Waals surface area contributed by atoms with Gasteiger partial charge in [0.25, 0.3) is 5.91 Å².